The first kappa shape index (κ1) is 17.0. The fourth-order valence-electron chi connectivity index (χ4n) is 1.61. The summed E-state index contributed by atoms with van der Waals surface area (Å²) in [5, 5.41) is 19.9. The molecule has 0 spiro atoms. The Morgan fingerprint density at radius 3 is 2.70 bits per heavy atom. The molecule has 0 saturated carbocycles. The molecule has 0 fully saturated rings. The number of nitrogens with zero attached hydrogens (tertiary/aromatic N) is 4. The number of rotatable bonds is 4. The Hall–Kier alpha value is -2.32. The van der Waals surface area contributed by atoms with E-state index >= 15 is 0 Å². The lowest BCUT2D eigenvalue weighted by molar-refractivity contribution is -0.129. The van der Waals surface area contributed by atoms with Crippen LogP contribution in [0.3, 0.4) is 0 Å². The van der Waals surface area contributed by atoms with E-state index in [-0.39, 0.29) is 39.6 Å². The summed E-state index contributed by atoms with van der Waals surface area (Å²) in [5.74, 6) is -1.12. The largest absolute Gasteiger partial charge is 0.504 e. The number of halogens is 2. The number of benzene rings is 1. The van der Waals surface area contributed by atoms with Gasteiger partial charge in [0.05, 0.1) is 16.9 Å². The third-order valence-electron chi connectivity index (χ3n) is 2.84. The van der Waals surface area contributed by atoms with Crippen LogP contribution in [0.5, 0.6) is 5.75 Å². The second kappa shape index (κ2) is 6.84. The van der Waals surface area contributed by atoms with Gasteiger partial charge in [-0.2, -0.15) is 0 Å². The number of phenols is 1. The molecule has 0 bridgehead atoms. The summed E-state index contributed by atoms with van der Waals surface area (Å²) in [6.45, 7) is -0.0402. The van der Waals surface area contributed by atoms with E-state index in [1.165, 1.54) is 27.9 Å². The minimum absolute atomic E-state index is 0.00744. The summed E-state index contributed by atoms with van der Waals surface area (Å²) < 4.78 is 1.24. The first-order valence-corrected chi connectivity index (χ1v) is 7.13. The molecule has 23 heavy (non-hydrogen) atoms. The summed E-state index contributed by atoms with van der Waals surface area (Å²) in [6.07, 6.45) is 1.32. The molecule has 0 saturated heterocycles. The lowest BCUT2D eigenvalue weighted by Gasteiger charge is -2.09. The predicted octanol–water partition coefficient (Wildman–Crippen LogP) is 1.63. The minimum atomic E-state index is -0.623. The van der Waals surface area contributed by atoms with Crippen LogP contribution in [-0.2, 0) is 11.3 Å². The zero-order valence-corrected chi connectivity index (χ0v) is 13.8. The molecule has 0 unspecified atom stereocenters. The van der Waals surface area contributed by atoms with E-state index in [0.717, 1.165) is 0 Å². The molecule has 0 aliphatic rings. The number of nitrogens with one attached hydrogen (secondary N) is 1. The standard InChI is InChI=1S/C13H13Cl2N5O3/c1-19(2)11(21)6-20-5-10(17-18-20)13(23)16-9-4-7(14)3-8(15)12(9)22/h3-5,22H,6H2,1-2H3,(H,16,23). The van der Waals surface area contributed by atoms with Crippen LogP contribution < -0.4 is 5.32 Å². The highest BCUT2D eigenvalue weighted by atomic mass is 35.5. The third kappa shape index (κ3) is 4.11. The average Bonchev–Trinajstić information content (AvgIpc) is 2.92. The Kier molecular flexibility index (Phi) is 5.07. The van der Waals surface area contributed by atoms with Crippen molar-refractivity contribution in [3.63, 3.8) is 0 Å². The molecule has 0 aliphatic carbocycles. The normalized spacial score (nSPS) is 10.4. The van der Waals surface area contributed by atoms with E-state index in [2.05, 4.69) is 15.6 Å². The Morgan fingerprint density at radius 1 is 1.35 bits per heavy atom. The highest BCUT2D eigenvalue weighted by Crippen LogP contribution is 2.35. The van der Waals surface area contributed by atoms with E-state index in [0.29, 0.717) is 0 Å². The van der Waals surface area contributed by atoms with Crippen LogP contribution in [0.2, 0.25) is 10.0 Å². The van der Waals surface area contributed by atoms with Gasteiger partial charge in [-0.1, -0.05) is 28.4 Å². The number of carbonyl (C=O) groups is 2. The van der Waals surface area contributed by atoms with Crippen LogP contribution >= 0.6 is 23.2 Å². The number of aromatic nitrogens is 3. The van der Waals surface area contributed by atoms with Crippen LogP contribution in [0.4, 0.5) is 5.69 Å². The number of hydrogen-bond donors (Lipinski definition) is 2. The molecule has 122 valence electrons. The maximum absolute atomic E-state index is 12.1. The monoisotopic (exact) mass is 357 g/mol. The molecule has 2 amide bonds. The van der Waals surface area contributed by atoms with Crippen molar-refractivity contribution in [1.82, 2.24) is 19.9 Å². The number of phenolic OH excluding ortho intramolecular Hbond substituents is 1. The van der Waals surface area contributed by atoms with Crippen LogP contribution in [0, 0.1) is 0 Å². The molecule has 0 aliphatic heterocycles. The van der Waals surface area contributed by atoms with Crippen LogP contribution in [-0.4, -0.2) is 50.9 Å². The second-order valence-corrected chi connectivity index (χ2v) is 5.67. The van der Waals surface area contributed by atoms with Gasteiger partial charge in [-0.25, -0.2) is 4.68 Å². The number of aromatic hydroxyl groups is 1. The molecule has 2 rings (SSSR count). The number of anilines is 1. The van der Waals surface area contributed by atoms with Crippen LogP contribution in [0.1, 0.15) is 10.5 Å². The number of carbonyl (C=O) groups excluding carboxylic acids is 2. The summed E-state index contributed by atoms with van der Waals surface area (Å²) in [6, 6.07) is 2.69. The lowest BCUT2D eigenvalue weighted by Crippen LogP contribution is -2.26. The van der Waals surface area contributed by atoms with Crippen molar-refractivity contribution in [2.24, 2.45) is 0 Å². The zero-order chi connectivity index (χ0) is 17.1. The van der Waals surface area contributed by atoms with Gasteiger partial charge in [0.2, 0.25) is 5.91 Å². The first-order chi connectivity index (χ1) is 10.8. The summed E-state index contributed by atoms with van der Waals surface area (Å²) in [5.41, 5.74) is 0.0264. The highest BCUT2D eigenvalue weighted by Gasteiger charge is 2.16. The number of amides is 2. The van der Waals surface area contributed by atoms with E-state index in [4.69, 9.17) is 23.2 Å². The van der Waals surface area contributed by atoms with Gasteiger partial charge < -0.3 is 15.3 Å². The Labute approximate surface area is 141 Å². The van der Waals surface area contributed by atoms with Crippen molar-refractivity contribution in [1.29, 1.82) is 0 Å². The molecular formula is C13H13Cl2N5O3. The summed E-state index contributed by atoms with van der Waals surface area (Å²) in [4.78, 5) is 25.1. The second-order valence-electron chi connectivity index (χ2n) is 4.83. The van der Waals surface area contributed by atoms with E-state index in [1.807, 2.05) is 0 Å². The van der Waals surface area contributed by atoms with Crippen molar-refractivity contribution in [3.8, 4) is 5.75 Å². The van der Waals surface area contributed by atoms with Crippen molar-refractivity contribution in [2.45, 2.75) is 6.54 Å². The highest BCUT2D eigenvalue weighted by molar-refractivity contribution is 6.36. The smallest absolute Gasteiger partial charge is 0.277 e. The van der Waals surface area contributed by atoms with Gasteiger partial charge in [0.1, 0.15) is 6.54 Å². The quantitative estimate of drug-likeness (QED) is 0.810. The molecule has 0 radical (unpaired) electrons. The van der Waals surface area contributed by atoms with Gasteiger partial charge in [0, 0.05) is 19.1 Å². The first-order valence-electron chi connectivity index (χ1n) is 6.37. The summed E-state index contributed by atoms with van der Waals surface area (Å²) >= 11 is 11.6. The summed E-state index contributed by atoms with van der Waals surface area (Å²) in [7, 11) is 3.22. The van der Waals surface area contributed by atoms with Gasteiger partial charge >= 0.3 is 0 Å². The molecular weight excluding hydrogens is 345 g/mol. The van der Waals surface area contributed by atoms with Gasteiger partial charge in [-0.05, 0) is 12.1 Å². The molecule has 1 aromatic heterocycles. The minimum Gasteiger partial charge on any atom is -0.504 e. The van der Waals surface area contributed by atoms with Gasteiger partial charge in [0.25, 0.3) is 5.91 Å². The fraction of sp³-hybridized carbons (Fsp3) is 0.231. The molecule has 2 N–H and O–H groups in total. The SMILES string of the molecule is CN(C)C(=O)Cn1cc(C(=O)Nc2cc(Cl)cc(Cl)c2O)nn1. The van der Waals surface area contributed by atoms with E-state index < -0.39 is 5.91 Å². The topological polar surface area (TPSA) is 100 Å². The molecule has 10 heteroatoms. The van der Waals surface area contributed by atoms with Crippen LogP contribution in [0.25, 0.3) is 0 Å². The van der Waals surface area contributed by atoms with Gasteiger partial charge in [-0.3, -0.25) is 9.59 Å². The Morgan fingerprint density at radius 2 is 2.04 bits per heavy atom. The lowest BCUT2D eigenvalue weighted by atomic mass is 10.3. The maximum atomic E-state index is 12.1. The number of likely N-dealkylation sites (N-methyl/N-ethyl adjacent to an activating group) is 1. The zero-order valence-electron chi connectivity index (χ0n) is 12.2. The third-order valence-corrected chi connectivity index (χ3v) is 3.35. The maximum Gasteiger partial charge on any atom is 0.277 e. The molecule has 1 aromatic carbocycles. The molecule has 0 atom stereocenters. The Balaban J connectivity index is 2.13. The van der Waals surface area contributed by atoms with Crippen molar-refractivity contribution >= 4 is 40.7 Å². The van der Waals surface area contributed by atoms with Gasteiger partial charge in [-0.15, -0.1) is 5.10 Å². The van der Waals surface area contributed by atoms with Gasteiger partial charge in [0.15, 0.2) is 11.4 Å². The fourth-order valence-corrected chi connectivity index (χ4v) is 2.10. The molecule has 2 aromatic rings. The van der Waals surface area contributed by atoms with E-state index in [1.54, 1.807) is 14.1 Å². The number of hydrogen-bond acceptors (Lipinski definition) is 5. The van der Waals surface area contributed by atoms with Crippen molar-refractivity contribution in [2.75, 3.05) is 19.4 Å². The van der Waals surface area contributed by atoms with Crippen LogP contribution in [0.15, 0.2) is 18.3 Å². The van der Waals surface area contributed by atoms with Crippen molar-refractivity contribution in [3.05, 3.63) is 34.1 Å². The molecule has 8 nitrogen and oxygen atoms in total. The Bertz CT molecular complexity index is 760. The molecule has 1 heterocycles. The van der Waals surface area contributed by atoms with E-state index in [9.17, 15) is 14.7 Å². The van der Waals surface area contributed by atoms with Crippen molar-refractivity contribution < 1.29 is 14.7 Å². The average molecular weight is 358 g/mol. The predicted molar refractivity (Wildman–Crippen MR) is 84.8 cm³/mol.